The number of carbonyl (C=O) groups is 1. The zero-order valence-electron chi connectivity index (χ0n) is 16.5. The van der Waals surface area contributed by atoms with Crippen LogP contribution in [0.4, 0.5) is 5.00 Å². The van der Waals surface area contributed by atoms with E-state index in [1.54, 1.807) is 17.5 Å². The highest BCUT2D eigenvalue weighted by molar-refractivity contribution is 8.00. The van der Waals surface area contributed by atoms with Gasteiger partial charge in [-0.2, -0.15) is 5.26 Å². The molecule has 27 heavy (non-hydrogen) atoms. The molecule has 0 fully saturated rings. The van der Waals surface area contributed by atoms with Crippen molar-refractivity contribution in [3.05, 3.63) is 28.4 Å². The van der Waals surface area contributed by atoms with Gasteiger partial charge in [-0.15, -0.1) is 11.3 Å². The van der Waals surface area contributed by atoms with Crippen molar-refractivity contribution in [3.63, 3.8) is 0 Å². The summed E-state index contributed by atoms with van der Waals surface area (Å²) < 4.78 is 1.89. The Labute approximate surface area is 169 Å². The SMILES string of the molecule is CC(Sc1nccn1C)C(=O)Nc1sc2c(c1C#N)CCC(C(C)(C)C)C2. The van der Waals surface area contributed by atoms with E-state index in [-0.39, 0.29) is 16.6 Å². The molecule has 0 saturated heterocycles. The van der Waals surface area contributed by atoms with Gasteiger partial charge in [-0.25, -0.2) is 4.98 Å². The fourth-order valence-corrected chi connectivity index (χ4v) is 5.53. The van der Waals surface area contributed by atoms with Gasteiger partial charge >= 0.3 is 0 Å². The monoisotopic (exact) mass is 402 g/mol. The van der Waals surface area contributed by atoms with Crippen LogP contribution in [0.25, 0.3) is 0 Å². The second-order valence-corrected chi connectivity index (χ2v) is 10.6. The highest BCUT2D eigenvalue weighted by atomic mass is 32.2. The Bertz CT molecular complexity index is 885. The normalized spacial score (nSPS) is 17.9. The van der Waals surface area contributed by atoms with E-state index in [1.807, 2.05) is 24.7 Å². The minimum Gasteiger partial charge on any atom is -0.329 e. The maximum atomic E-state index is 12.7. The smallest absolute Gasteiger partial charge is 0.238 e. The van der Waals surface area contributed by atoms with E-state index in [1.165, 1.54) is 16.6 Å². The molecular weight excluding hydrogens is 376 g/mol. The Morgan fingerprint density at radius 2 is 2.26 bits per heavy atom. The van der Waals surface area contributed by atoms with E-state index in [9.17, 15) is 10.1 Å². The van der Waals surface area contributed by atoms with Crippen molar-refractivity contribution >= 4 is 34.0 Å². The Kier molecular flexibility index (Phi) is 5.68. The number of hydrogen-bond acceptors (Lipinski definition) is 5. The molecule has 3 rings (SSSR count). The molecule has 0 spiro atoms. The maximum Gasteiger partial charge on any atom is 0.238 e. The van der Waals surface area contributed by atoms with Crippen molar-refractivity contribution in [1.82, 2.24) is 9.55 Å². The third-order valence-corrected chi connectivity index (χ3v) is 7.61. The maximum absolute atomic E-state index is 12.7. The first-order chi connectivity index (χ1) is 12.7. The third kappa shape index (κ3) is 4.22. The number of imidazole rings is 1. The summed E-state index contributed by atoms with van der Waals surface area (Å²) >= 11 is 3.00. The number of nitrogens with one attached hydrogen (secondary N) is 1. The number of fused-ring (bicyclic) bond motifs is 1. The second-order valence-electron chi connectivity index (χ2n) is 8.20. The number of nitriles is 1. The predicted molar refractivity (Wildman–Crippen MR) is 111 cm³/mol. The lowest BCUT2D eigenvalue weighted by Gasteiger charge is -2.33. The summed E-state index contributed by atoms with van der Waals surface area (Å²) in [4.78, 5) is 18.2. The van der Waals surface area contributed by atoms with Crippen LogP contribution in [-0.4, -0.2) is 20.7 Å². The minimum atomic E-state index is -0.293. The summed E-state index contributed by atoms with van der Waals surface area (Å²) in [7, 11) is 1.91. The van der Waals surface area contributed by atoms with Gasteiger partial charge in [0.2, 0.25) is 5.91 Å². The second kappa shape index (κ2) is 7.69. The molecule has 0 bridgehead atoms. The molecule has 2 heterocycles. The summed E-state index contributed by atoms with van der Waals surface area (Å²) in [6.07, 6.45) is 6.59. The molecule has 1 amide bonds. The van der Waals surface area contributed by atoms with Crippen LogP contribution in [0.5, 0.6) is 0 Å². The van der Waals surface area contributed by atoms with Crippen molar-refractivity contribution in [3.8, 4) is 6.07 Å². The molecule has 0 aromatic carbocycles. The number of thiophene rings is 1. The highest BCUT2D eigenvalue weighted by Gasteiger charge is 2.32. The summed E-state index contributed by atoms with van der Waals surface area (Å²) in [5, 5.41) is 13.9. The fraction of sp³-hybridized carbons (Fsp3) is 0.550. The van der Waals surface area contributed by atoms with Gasteiger partial charge in [-0.3, -0.25) is 4.79 Å². The van der Waals surface area contributed by atoms with Gasteiger partial charge in [-0.05, 0) is 43.1 Å². The first-order valence-electron chi connectivity index (χ1n) is 9.20. The van der Waals surface area contributed by atoms with Crippen molar-refractivity contribution in [2.24, 2.45) is 18.4 Å². The quantitative estimate of drug-likeness (QED) is 0.757. The fourth-order valence-electron chi connectivity index (χ4n) is 3.42. The van der Waals surface area contributed by atoms with E-state index < -0.39 is 0 Å². The van der Waals surface area contributed by atoms with E-state index in [4.69, 9.17) is 0 Å². The molecule has 2 aromatic heterocycles. The van der Waals surface area contributed by atoms with Crippen LogP contribution in [0, 0.1) is 22.7 Å². The van der Waals surface area contributed by atoms with Gasteiger partial charge in [0.15, 0.2) is 5.16 Å². The molecule has 0 aliphatic heterocycles. The summed E-state index contributed by atoms with van der Waals surface area (Å²) in [6.45, 7) is 8.70. The van der Waals surface area contributed by atoms with E-state index in [2.05, 4.69) is 37.1 Å². The molecule has 1 aliphatic carbocycles. The van der Waals surface area contributed by atoms with E-state index >= 15 is 0 Å². The van der Waals surface area contributed by atoms with Crippen LogP contribution in [0.15, 0.2) is 17.6 Å². The predicted octanol–water partition coefficient (Wildman–Crippen LogP) is 4.62. The lowest BCUT2D eigenvalue weighted by molar-refractivity contribution is -0.115. The Morgan fingerprint density at radius 1 is 1.52 bits per heavy atom. The van der Waals surface area contributed by atoms with Crippen LogP contribution in [0.3, 0.4) is 0 Å². The molecule has 1 aliphatic rings. The Morgan fingerprint density at radius 3 is 2.85 bits per heavy atom. The summed E-state index contributed by atoms with van der Waals surface area (Å²) in [5.74, 6) is 0.516. The highest BCUT2D eigenvalue weighted by Crippen LogP contribution is 2.44. The van der Waals surface area contributed by atoms with Crippen molar-refractivity contribution < 1.29 is 4.79 Å². The summed E-state index contributed by atoms with van der Waals surface area (Å²) in [5.41, 5.74) is 2.05. The van der Waals surface area contributed by atoms with Crippen molar-refractivity contribution in [2.45, 2.75) is 57.4 Å². The molecule has 0 saturated carbocycles. The van der Waals surface area contributed by atoms with Gasteiger partial charge in [0.05, 0.1) is 10.8 Å². The number of thioether (sulfide) groups is 1. The van der Waals surface area contributed by atoms with E-state index in [0.717, 1.165) is 30.0 Å². The minimum absolute atomic E-state index is 0.0922. The number of carbonyl (C=O) groups excluding carboxylic acids is 1. The Hall–Kier alpha value is -1.78. The third-order valence-electron chi connectivity index (χ3n) is 5.27. The largest absolute Gasteiger partial charge is 0.329 e. The van der Waals surface area contributed by atoms with Crippen molar-refractivity contribution in [1.29, 1.82) is 5.26 Å². The van der Waals surface area contributed by atoms with Crippen LogP contribution in [0.2, 0.25) is 0 Å². The molecule has 2 unspecified atom stereocenters. The number of aryl methyl sites for hydroxylation is 1. The first kappa shape index (κ1) is 20.0. The molecule has 2 aromatic rings. The van der Waals surface area contributed by atoms with E-state index in [0.29, 0.717) is 16.5 Å². The topological polar surface area (TPSA) is 70.7 Å². The van der Waals surface area contributed by atoms with Gasteiger partial charge in [-0.1, -0.05) is 32.5 Å². The van der Waals surface area contributed by atoms with Crippen LogP contribution >= 0.6 is 23.1 Å². The van der Waals surface area contributed by atoms with Crippen LogP contribution in [0.1, 0.15) is 50.1 Å². The van der Waals surface area contributed by atoms with Gasteiger partial charge in [0, 0.05) is 24.3 Å². The lowest BCUT2D eigenvalue weighted by Crippen LogP contribution is -2.26. The molecule has 1 N–H and O–H groups in total. The molecule has 5 nitrogen and oxygen atoms in total. The van der Waals surface area contributed by atoms with Gasteiger partial charge in [0.25, 0.3) is 0 Å². The lowest BCUT2D eigenvalue weighted by atomic mass is 9.72. The molecule has 7 heteroatoms. The van der Waals surface area contributed by atoms with Gasteiger partial charge < -0.3 is 9.88 Å². The molecule has 2 atom stereocenters. The number of amides is 1. The van der Waals surface area contributed by atoms with Gasteiger partial charge in [0.1, 0.15) is 11.1 Å². The number of rotatable bonds is 4. The van der Waals surface area contributed by atoms with Crippen LogP contribution in [-0.2, 0) is 24.7 Å². The zero-order valence-corrected chi connectivity index (χ0v) is 18.1. The molecular formula is C20H26N4OS2. The number of anilines is 1. The average molecular weight is 403 g/mol. The number of aromatic nitrogens is 2. The average Bonchev–Trinajstić information content (AvgIpc) is 3.16. The van der Waals surface area contributed by atoms with Crippen LogP contribution < -0.4 is 5.32 Å². The standard InChI is InChI=1S/C20H26N4OS2/c1-12(26-19-22-8-9-24(19)5)17(25)23-18-15(11-21)14-7-6-13(20(2,3)4)10-16(14)27-18/h8-9,12-13H,6-7,10H2,1-5H3,(H,23,25). The number of nitrogens with zero attached hydrogens (tertiary/aromatic N) is 3. The number of hydrogen-bond donors (Lipinski definition) is 1. The first-order valence-corrected chi connectivity index (χ1v) is 10.9. The zero-order chi connectivity index (χ0) is 19.8. The van der Waals surface area contributed by atoms with Crippen molar-refractivity contribution in [2.75, 3.05) is 5.32 Å². The summed E-state index contributed by atoms with van der Waals surface area (Å²) in [6, 6.07) is 2.33. The molecule has 0 radical (unpaired) electrons. The Balaban J connectivity index is 1.76. The molecule has 144 valence electrons.